The van der Waals surface area contributed by atoms with Crippen LogP contribution in [0, 0.1) is 27.7 Å². The highest BCUT2D eigenvalue weighted by atomic mass is 19.4. The lowest BCUT2D eigenvalue weighted by molar-refractivity contribution is -0.137. The van der Waals surface area contributed by atoms with Crippen molar-refractivity contribution in [3.63, 3.8) is 0 Å². The Morgan fingerprint density at radius 1 is 0.423 bits per heavy atom. The number of nitrogens with zero attached hydrogens (tertiary/aromatic N) is 3. The molecule has 52 heavy (non-hydrogen) atoms. The van der Waals surface area contributed by atoms with Crippen LogP contribution in [0.4, 0.5) is 13.2 Å². The standard InChI is InChI=1S/C46H34F3N3/c1-27-13-17-33-34-18-14-28(2)22-40(34)51(39(33)21-27)43-25-32(38-12-8-11-37(50-38)31-9-6-5-7-10-31)26-44(45(43)46(47,48)49)52-41-23-29(3)15-19-35(41)36-20-16-30(4)24-42(36)52/h5-26H,1-4H3. The molecule has 0 fully saturated rings. The summed E-state index contributed by atoms with van der Waals surface area (Å²) in [4.78, 5) is 5.06. The predicted octanol–water partition coefficient (Wildman–Crippen LogP) is 12.9. The Morgan fingerprint density at radius 3 is 1.19 bits per heavy atom. The van der Waals surface area contributed by atoms with Gasteiger partial charge in [0.1, 0.15) is 5.56 Å². The van der Waals surface area contributed by atoms with E-state index >= 15 is 13.2 Å². The average Bonchev–Trinajstić information content (AvgIpc) is 3.61. The van der Waals surface area contributed by atoms with Gasteiger partial charge in [0.05, 0.1) is 44.8 Å². The van der Waals surface area contributed by atoms with Gasteiger partial charge in [0.15, 0.2) is 0 Å². The molecule has 0 saturated heterocycles. The van der Waals surface area contributed by atoms with Crippen molar-refractivity contribution in [1.82, 2.24) is 14.1 Å². The molecule has 6 aromatic carbocycles. The number of hydrogen-bond acceptors (Lipinski definition) is 1. The van der Waals surface area contributed by atoms with Gasteiger partial charge in [0, 0.05) is 32.7 Å². The maximum Gasteiger partial charge on any atom is 0.420 e. The van der Waals surface area contributed by atoms with Gasteiger partial charge in [-0.05, 0) is 98.5 Å². The summed E-state index contributed by atoms with van der Waals surface area (Å²) in [6, 6.07) is 43.0. The molecule has 3 aromatic heterocycles. The minimum Gasteiger partial charge on any atom is -0.309 e. The number of aryl methyl sites for hydroxylation is 4. The quantitative estimate of drug-likeness (QED) is 0.181. The number of rotatable bonds is 4. The molecule has 254 valence electrons. The van der Waals surface area contributed by atoms with Crippen LogP contribution >= 0.6 is 0 Å². The molecular weight excluding hydrogens is 652 g/mol. The number of benzene rings is 6. The van der Waals surface area contributed by atoms with E-state index in [9.17, 15) is 0 Å². The van der Waals surface area contributed by atoms with E-state index in [1.807, 2.05) is 158 Å². The van der Waals surface area contributed by atoms with Gasteiger partial charge >= 0.3 is 6.18 Å². The van der Waals surface area contributed by atoms with E-state index in [0.29, 0.717) is 33.3 Å². The van der Waals surface area contributed by atoms with Crippen LogP contribution in [0.15, 0.2) is 133 Å². The zero-order valence-electron chi connectivity index (χ0n) is 29.2. The highest BCUT2D eigenvalue weighted by Crippen LogP contribution is 2.46. The Bertz CT molecular complexity index is 2610. The van der Waals surface area contributed by atoms with Crippen molar-refractivity contribution >= 4 is 43.6 Å². The largest absolute Gasteiger partial charge is 0.420 e. The fourth-order valence-electron chi connectivity index (χ4n) is 7.76. The fourth-order valence-corrected chi connectivity index (χ4v) is 7.76. The van der Waals surface area contributed by atoms with Gasteiger partial charge < -0.3 is 9.13 Å². The molecule has 0 bridgehead atoms. The first-order chi connectivity index (χ1) is 25.0. The first-order valence-electron chi connectivity index (χ1n) is 17.4. The molecule has 3 heterocycles. The van der Waals surface area contributed by atoms with E-state index in [2.05, 4.69) is 0 Å². The number of alkyl halides is 3. The summed E-state index contributed by atoms with van der Waals surface area (Å²) in [7, 11) is 0. The molecule has 0 amide bonds. The van der Waals surface area contributed by atoms with E-state index in [0.717, 1.165) is 55.1 Å². The van der Waals surface area contributed by atoms with E-state index in [1.165, 1.54) is 0 Å². The topological polar surface area (TPSA) is 22.8 Å². The van der Waals surface area contributed by atoms with Crippen LogP contribution in [0.1, 0.15) is 27.8 Å². The predicted molar refractivity (Wildman–Crippen MR) is 208 cm³/mol. The highest BCUT2D eigenvalue weighted by molar-refractivity contribution is 6.11. The average molecular weight is 686 g/mol. The van der Waals surface area contributed by atoms with Crippen molar-refractivity contribution in [3.8, 4) is 33.9 Å². The van der Waals surface area contributed by atoms with Crippen molar-refractivity contribution < 1.29 is 13.2 Å². The summed E-state index contributed by atoms with van der Waals surface area (Å²) in [5.41, 5.74) is 8.95. The third kappa shape index (κ3) is 5.09. The molecule has 9 aromatic rings. The van der Waals surface area contributed by atoms with Gasteiger partial charge in [-0.15, -0.1) is 0 Å². The summed E-state index contributed by atoms with van der Waals surface area (Å²) in [5, 5.41) is 3.59. The highest BCUT2D eigenvalue weighted by Gasteiger charge is 2.39. The van der Waals surface area contributed by atoms with Crippen molar-refractivity contribution in [2.24, 2.45) is 0 Å². The summed E-state index contributed by atoms with van der Waals surface area (Å²) in [6.45, 7) is 7.89. The van der Waals surface area contributed by atoms with Crippen LogP contribution in [0.5, 0.6) is 0 Å². The van der Waals surface area contributed by atoms with Gasteiger partial charge in [0.2, 0.25) is 0 Å². The van der Waals surface area contributed by atoms with Crippen LogP contribution in [-0.2, 0) is 6.18 Å². The molecule has 0 aliphatic carbocycles. The van der Waals surface area contributed by atoms with Gasteiger partial charge in [0.25, 0.3) is 0 Å². The lowest BCUT2D eigenvalue weighted by Crippen LogP contribution is -2.16. The monoisotopic (exact) mass is 685 g/mol. The molecule has 0 atom stereocenters. The number of halogens is 3. The summed E-state index contributed by atoms with van der Waals surface area (Å²) in [5.74, 6) is 0. The minimum atomic E-state index is -4.73. The number of pyridine rings is 1. The Kier molecular flexibility index (Phi) is 7.16. The molecule has 0 radical (unpaired) electrons. The Hall–Kier alpha value is -6.14. The van der Waals surface area contributed by atoms with E-state index in [4.69, 9.17) is 4.98 Å². The Morgan fingerprint density at radius 2 is 0.808 bits per heavy atom. The second kappa shape index (κ2) is 11.7. The van der Waals surface area contributed by atoms with Gasteiger partial charge in [-0.25, -0.2) is 4.98 Å². The molecule has 9 rings (SSSR count). The van der Waals surface area contributed by atoms with Gasteiger partial charge in [-0.2, -0.15) is 13.2 Å². The molecular formula is C46H34F3N3. The van der Waals surface area contributed by atoms with Crippen LogP contribution in [0.25, 0.3) is 77.5 Å². The molecule has 0 saturated carbocycles. The lowest BCUT2D eigenvalue weighted by atomic mass is 10.0. The van der Waals surface area contributed by atoms with Crippen molar-refractivity contribution in [2.75, 3.05) is 0 Å². The minimum absolute atomic E-state index is 0.0541. The second-order valence-electron chi connectivity index (χ2n) is 13.9. The smallest absolute Gasteiger partial charge is 0.309 e. The molecule has 0 N–H and O–H groups in total. The van der Waals surface area contributed by atoms with Crippen LogP contribution in [-0.4, -0.2) is 14.1 Å². The number of hydrogen-bond donors (Lipinski definition) is 0. The molecule has 6 heteroatoms. The lowest BCUT2D eigenvalue weighted by Gasteiger charge is -2.23. The molecule has 0 spiro atoms. The maximum atomic E-state index is 16.2. The summed E-state index contributed by atoms with van der Waals surface area (Å²) >= 11 is 0. The van der Waals surface area contributed by atoms with Crippen molar-refractivity contribution in [2.45, 2.75) is 33.9 Å². The third-order valence-electron chi connectivity index (χ3n) is 10.1. The van der Waals surface area contributed by atoms with E-state index in [1.54, 1.807) is 12.1 Å². The van der Waals surface area contributed by atoms with Gasteiger partial charge in [-0.1, -0.05) is 84.9 Å². The zero-order chi connectivity index (χ0) is 35.9. The number of aromatic nitrogens is 3. The Labute approximate surface area is 299 Å². The second-order valence-corrected chi connectivity index (χ2v) is 13.9. The molecule has 0 aliphatic heterocycles. The fraction of sp³-hybridized carbons (Fsp3) is 0.109. The first kappa shape index (κ1) is 31.8. The maximum absolute atomic E-state index is 16.2. The van der Waals surface area contributed by atoms with Crippen LogP contribution in [0.2, 0.25) is 0 Å². The normalized spacial score (nSPS) is 12.1. The molecule has 0 unspecified atom stereocenters. The van der Waals surface area contributed by atoms with Crippen molar-refractivity contribution in [3.05, 3.63) is 161 Å². The van der Waals surface area contributed by atoms with Crippen LogP contribution in [0.3, 0.4) is 0 Å². The number of fused-ring (bicyclic) bond motifs is 6. The zero-order valence-corrected chi connectivity index (χ0v) is 29.2. The van der Waals surface area contributed by atoms with Crippen LogP contribution < -0.4 is 0 Å². The molecule has 0 aliphatic rings. The van der Waals surface area contributed by atoms with E-state index in [-0.39, 0.29) is 11.4 Å². The summed E-state index contributed by atoms with van der Waals surface area (Å²) in [6.07, 6.45) is -4.73. The van der Waals surface area contributed by atoms with Crippen molar-refractivity contribution in [1.29, 1.82) is 0 Å². The third-order valence-corrected chi connectivity index (χ3v) is 10.1. The SMILES string of the molecule is Cc1ccc2c3ccc(C)cc3n(-c3cc(-c4cccc(-c5ccccc5)n4)cc(-n4c5cc(C)ccc5c5ccc(C)cc54)c3C(F)(F)F)c2c1. The Balaban J connectivity index is 1.49. The van der Waals surface area contributed by atoms with E-state index < -0.39 is 11.7 Å². The molecule has 3 nitrogen and oxygen atoms in total. The first-order valence-corrected chi connectivity index (χ1v) is 17.4. The summed E-state index contributed by atoms with van der Waals surface area (Å²) < 4.78 is 52.2. The van der Waals surface area contributed by atoms with Gasteiger partial charge in [-0.3, -0.25) is 0 Å².